The standard InChI is InChI=1S/C10H11NO3/c1-14-10(13)8-7(12)5-6-3-2-4-11-9(6)8/h2-4,7-8,12H,5H2,1H3. The predicted octanol–water partition coefficient (Wildman–Crippen LogP) is 0.255. The Bertz CT molecular complexity index is 364. The fourth-order valence-corrected chi connectivity index (χ4v) is 1.82. The number of fused-ring (bicyclic) bond motifs is 1. The SMILES string of the molecule is COC(=O)C1c2ncccc2CC1O. The molecule has 0 fully saturated rings. The van der Waals surface area contributed by atoms with E-state index in [1.165, 1.54) is 7.11 Å². The highest BCUT2D eigenvalue weighted by Crippen LogP contribution is 2.32. The van der Waals surface area contributed by atoms with Crippen LogP contribution >= 0.6 is 0 Å². The third kappa shape index (κ3) is 1.28. The molecule has 74 valence electrons. The van der Waals surface area contributed by atoms with E-state index in [2.05, 4.69) is 9.72 Å². The summed E-state index contributed by atoms with van der Waals surface area (Å²) < 4.78 is 4.62. The van der Waals surface area contributed by atoms with Crippen molar-refractivity contribution in [2.75, 3.05) is 7.11 Å². The smallest absolute Gasteiger partial charge is 0.317 e. The normalized spacial score (nSPS) is 24.4. The zero-order valence-corrected chi connectivity index (χ0v) is 7.80. The van der Waals surface area contributed by atoms with Gasteiger partial charge in [0.25, 0.3) is 0 Å². The van der Waals surface area contributed by atoms with Crippen LogP contribution in [0.25, 0.3) is 0 Å². The number of nitrogens with zero attached hydrogens (tertiary/aromatic N) is 1. The number of rotatable bonds is 1. The van der Waals surface area contributed by atoms with Crippen LogP contribution in [0.3, 0.4) is 0 Å². The second-order valence-corrected chi connectivity index (χ2v) is 3.32. The number of hydrogen-bond donors (Lipinski definition) is 1. The highest BCUT2D eigenvalue weighted by atomic mass is 16.5. The van der Waals surface area contributed by atoms with Gasteiger partial charge in [-0.25, -0.2) is 0 Å². The Hall–Kier alpha value is -1.42. The van der Waals surface area contributed by atoms with E-state index in [1.807, 2.05) is 6.07 Å². The molecule has 1 aliphatic carbocycles. The minimum absolute atomic E-state index is 0.421. The number of aliphatic hydroxyl groups is 1. The number of carbonyl (C=O) groups is 1. The number of aliphatic hydroxyl groups excluding tert-OH is 1. The number of aromatic nitrogens is 1. The van der Waals surface area contributed by atoms with Crippen LogP contribution in [0.15, 0.2) is 18.3 Å². The van der Waals surface area contributed by atoms with Crippen molar-refractivity contribution < 1.29 is 14.6 Å². The number of pyridine rings is 1. The number of carbonyl (C=O) groups excluding carboxylic acids is 1. The lowest BCUT2D eigenvalue weighted by molar-refractivity contribution is -0.144. The highest BCUT2D eigenvalue weighted by molar-refractivity contribution is 5.79. The van der Waals surface area contributed by atoms with Crippen molar-refractivity contribution in [3.63, 3.8) is 0 Å². The average Bonchev–Trinajstić information content (AvgIpc) is 2.53. The van der Waals surface area contributed by atoms with Gasteiger partial charge in [-0.2, -0.15) is 0 Å². The molecule has 0 radical (unpaired) electrons. The molecular formula is C10H11NO3. The Morgan fingerprint density at radius 3 is 3.21 bits per heavy atom. The lowest BCUT2D eigenvalue weighted by Crippen LogP contribution is -2.23. The summed E-state index contributed by atoms with van der Waals surface area (Å²) in [4.78, 5) is 15.5. The Kier molecular flexibility index (Phi) is 2.21. The van der Waals surface area contributed by atoms with Crippen molar-refractivity contribution in [3.8, 4) is 0 Å². The van der Waals surface area contributed by atoms with Crippen LogP contribution < -0.4 is 0 Å². The molecule has 2 unspecified atom stereocenters. The second-order valence-electron chi connectivity index (χ2n) is 3.32. The third-order valence-corrected chi connectivity index (χ3v) is 2.49. The summed E-state index contributed by atoms with van der Waals surface area (Å²) in [5, 5.41) is 9.67. The van der Waals surface area contributed by atoms with Gasteiger partial charge in [0.15, 0.2) is 0 Å². The van der Waals surface area contributed by atoms with Gasteiger partial charge in [-0.1, -0.05) is 6.07 Å². The highest BCUT2D eigenvalue weighted by Gasteiger charge is 2.38. The molecule has 4 heteroatoms. The van der Waals surface area contributed by atoms with Crippen LogP contribution in [-0.4, -0.2) is 29.3 Å². The number of methoxy groups -OCH3 is 1. The molecule has 2 atom stereocenters. The van der Waals surface area contributed by atoms with E-state index in [4.69, 9.17) is 0 Å². The Morgan fingerprint density at radius 2 is 2.50 bits per heavy atom. The Labute approximate surface area is 81.5 Å². The molecule has 0 saturated heterocycles. The van der Waals surface area contributed by atoms with Gasteiger partial charge < -0.3 is 9.84 Å². The van der Waals surface area contributed by atoms with Crippen molar-refractivity contribution in [2.45, 2.75) is 18.4 Å². The lowest BCUT2D eigenvalue weighted by atomic mass is 10.1. The molecule has 4 nitrogen and oxygen atoms in total. The number of esters is 1. The average molecular weight is 193 g/mol. The largest absolute Gasteiger partial charge is 0.468 e. The maximum Gasteiger partial charge on any atom is 0.317 e. The lowest BCUT2D eigenvalue weighted by Gasteiger charge is -2.11. The van der Waals surface area contributed by atoms with Gasteiger partial charge in [-0.05, 0) is 11.6 Å². The Morgan fingerprint density at radius 1 is 1.71 bits per heavy atom. The van der Waals surface area contributed by atoms with Gasteiger partial charge in [0.2, 0.25) is 0 Å². The van der Waals surface area contributed by atoms with Crippen LogP contribution in [0.4, 0.5) is 0 Å². The van der Waals surface area contributed by atoms with Crippen molar-refractivity contribution in [2.24, 2.45) is 0 Å². The van der Waals surface area contributed by atoms with E-state index < -0.39 is 18.0 Å². The monoisotopic (exact) mass is 193 g/mol. The summed E-state index contributed by atoms with van der Waals surface area (Å²) in [5.74, 6) is -1.04. The van der Waals surface area contributed by atoms with Crippen molar-refractivity contribution in [1.82, 2.24) is 4.98 Å². The maximum absolute atomic E-state index is 11.4. The summed E-state index contributed by atoms with van der Waals surface area (Å²) in [6.07, 6.45) is 1.39. The zero-order valence-electron chi connectivity index (χ0n) is 7.80. The number of hydrogen-bond acceptors (Lipinski definition) is 4. The Balaban J connectivity index is 2.39. The first-order valence-corrected chi connectivity index (χ1v) is 4.43. The van der Waals surface area contributed by atoms with E-state index in [0.717, 1.165) is 5.56 Å². The first-order valence-electron chi connectivity index (χ1n) is 4.43. The molecule has 1 heterocycles. The van der Waals surface area contributed by atoms with Crippen LogP contribution in [0.1, 0.15) is 17.2 Å². The molecule has 0 spiro atoms. The molecule has 14 heavy (non-hydrogen) atoms. The predicted molar refractivity (Wildman–Crippen MR) is 48.7 cm³/mol. The van der Waals surface area contributed by atoms with Gasteiger partial charge in [-0.3, -0.25) is 9.78 Å². The first kappa shape index (κ1) is 9.15. The van der Waals surface area contributed by atoms with E-state index in [1.54, 1.807) is 12.3 Å². The van der Waals surface area contributed by atoms with E-state index in [0.29, 0.717) is 12.1 Å². The molecule has 1 aliphatic rings. The minimum Gasteiger partial charge on any atom is -0.468 e. The second kappa shape index (κ2) is 3.38. The molecule has 0 saturated carbocycles. The van der Waals surface area contributed by atoms with Crippen LogP contribution in [0.5, 0.6) is 0 Å². The molecule has 0 aliphatic heterocycles. The fraction of sp³-hybridized carbons (Fsp3) is 0.400. The van der Waals surface area contributed by atoms with Crippen LogP contribution in [0, 0.1) is 0 Å². The minimum atomic E-state index is -0.702. The van der Waals surface area contributed by atoms with Crippen molar-refractivity contribution in [1.29, 1.82) is 0 Å². The van der Waals surface area contributed by atoms with Gasteiger partial charge in [0, 0.05) is 12.6 Å². The van der Waals surface area contributed by atoms with E-state index >= 15 is 0 Å². The molecule has 0 bridgehead atoms. The summed E-state index contributed by atoms with van der Waals surface area (Å²) in [5.41, 5.74) is 1.57. The van der Waals surface area contributed by atoms with Gasteiger partial charge >= 0.3 is 5.97 Å². The van der Waals surface area contributed by atoms with Crippen LogP contribution in [0.2, 0.25) is 0 Å². The van der Waals surface area contributed by atoms with E-state index in [-0.39, 0.29) is 0 Å². The molecule has 0 aromatic carbocycles. The molecule has 1 aromatic rings. The summed E-state index contributed by atoms with van der Waals surface area (Å²) in [6, 6.07) is 3.67. The summed E-state index contributed by atoms with van der Waals surface area (Å²) >= 11 is 0. The summed E-state index contributed by atoms with van der Waals surface area (Å²) in [7, 11) is 1.32. The quantitative estimate of drug-likeness (QED) is 0.650. The fourth-order valence-electron chi connectivity index (χ4n) is 1.82. The molecule has 0 amide bonds. The topological polar surface area (TPSA) is 59.4 Å². The zero-order chi connectivity index (χ0) is 10.1. The maximum atomic E-state index is 11.4. The third-order valence-electron chi connectivity index (χ3n) is 2.49. The van der Waals surface area contributed by atoms with Crippen molar-refractivity contribution in [3.05, 3.63) is 29.6 Å². The van der Waals surface area contributed by atoms with Gasteiger partial charge in [0.1, 0.15) is 5.92 Å². The van der Waals surface area contributed by atoms with Crippen molar-refractivity contribution >= 4 is 5.97 Å². The van der Waals surface area contributed by atoms with Gasteiger partial charge in [-0.15, -0.1) is 0 Å². The van der Waals surface area contributed by atoms with E-state index in [9.17, 15) is 9.90 Å². The van der Waals surface area contributed by atoms with Crippen LogP contribution in [-0.2, 0) is 16.0 Å². The molecule has 1 aromatic heterocycles. The summed E-state index contributed by atoms with van der Waals surface area (Å²) in [6.45, 7) is 0. The molecular weight excluding hydrogens is 182 g/mol. The number of ether oxygens (including phenoxy) is 1. The first-order chi connectivity index (χ1) is 6.74. The molecule has 2 rings (SSSR count). The molecule has 1 N–H and O–H groups in total. The van der Waals surface area contributed by atoms with Gasteiger partial charge in [0.05, 0.1) is 18.9 Å².